The zero-order valence-electron chi connectivity index (χ0n) is 10.0. The summed E-state index contributed by atoms with van der Waals surface area (Å²) in [5, 5.41) is 0. The number of hydrogen-bond acceptors (Lipinski definition) is 4. The van der Waals surface area contributed by atoms with E-state index in [1.54, 1.807) is 6.20 Å². The van der Waals surface area contributed by atoms with Crippen LogP contribution in [-0.4, -0.2) is 22.3 Å². The molecule has 1 atom stereocenters. The van der Waals surface area contributed by atoms with Crippen LogP contribution < -0.4 is 11.3 Å². The molecule has 1 aromatic heterocycles. The Bertz CT molecular complexity index is 407. The molecule has 2 rings (SSSR count). The first-order chi connectivity index (χ1) is 8.20. The van der Waals surface area contributed by atoms with Crippen LogP contribution in [0.15, 0.2) is 18.3 Å². The van der Waals surface area contributed by atoms with Crippen molar-refractivity contribution in [3.05, 3.63) is 23.9 Å². The maximum Gasteiger partial charge on any atom is 0.225 e. The Morgan fingerprint density at radius 2 is 2.47 bits per heavy atom. The van der Waals surface area contributed by atoms with Crippen molar-refractivity contribution in [2.24, 2.45) is 11.8 Å². The molecule has 0 saturated carbocycles. The molecule has 0 radical (unpaired) electrons. The average molecular weight is 234 g/mol. The molecular formula is C12H18N4O. The van der Waals surface area contributed by atoms with E-state index in [0.29, 0.717) is 12.4 Å². The van der Waals surface area contributed by atoms with E-state index in [4.69, 9.17) is 5.84 Å². The number of pyridine rings is 1. The van der Waals surface area contributed by atoms with E-state index in [9.17, 15) is 4.79 Å². The molecule has 1 saturated heterocycles. The second kappa shape index (κ2) is 5.14. The van der Waals surface area contributed by atoms with E-state index in [1.165, 1.54) is 0 Å². The van der Waals surface area contributed by atoms with Gasteiger partial charge in [-0.3, -0.25) is 4.79 Å². The first-order valence-corrected chi connectivity index (χ1v) is 5.91. The molecule has 92 valence electrons. The number of nitrogen functional groups attached to an aromatic ring is 1. The van der Waals surface area contributed by atoms with Gasteiger partial charge in [-0.2, -0.15) is 0 Å². The summed E-state index contributed by atoms with van der Waals surface area (Å²) in [5.41, 5.74) is 3.56. The highest BCUT2D eigenvalue weighted by atomic mass is 16.2. The topological polar surface area (TPSA) is 71.2 Å². The second-order valence-corrected chi connectivity index (χ2v) is 4.50. The molecule has 2 heterocycles. The zero-order chi connectivity index (χ0) is 12.3. The fourth-order valence-electron chi connectivity index (χ4n) is 2.16. The number of carbonyl (C=O) groups excluding carboxylic acids is 1. The normalized spacial score (nSPS) is 20.5. The maximum atomic E-state index is 12.0. The Labute approximate surface area is 101 Å². The van der Waals surface area contributed by atoms with Gasteiger partial charge < -0.3 is 10.3 Å². The third-order valence-corrected chi connectivity index (χ3v) is 3.14. The van der Waals surface area contributed by atoms with E-state index >= 15 is 0 Å². The molecule has 1 amide bonds. The summed E-state index contributed by atoms with van der Waals surface area (Å²) in [7, 11) is 0. The van der Waals surface area contributed by atoms with Crippen LogP contribution in [0.4, 0.5) is 5.82 Å². The van der Waals surface area contributed by atoms with Crippen molar-refractivity contribution in [2.75, 3.05) is 12.0 Å². The fourth-order valence-corrected chi connectivity index (χ4v) is 2.16. The van der Waals surface area contributed by atoms with Crippen molar-refractivity contribution in [1.29, 1.82) is 0 Å². The van der Waals surface area contributed by atoms with Crippen LogP contribution in [0, 0.1) is 5.92 Å². The third-order valence-electron chi connectivity index (χ3n) is 3.14. The Morgan fingerprint density at radius 1 is 1.65 bits per heavy atom. The van der Waals surface area contributed by atoms with Crippen molar-refractivity contribution in [2.45, 2.75) is 26.3 Å². The van der Waals surface area contributed by atoms with Gasteiger partial charge in [0, 0.05) is 25.2 Å². The number of nitrogens with zero attached hydrogens (tertiary/aromatic N) is 2. The molecule has 1 aliphatic heterocycles. The van der Waals surface area contributed by atoms with E-state index in [0.717, 1.165) is 24.9 Å². The van der Waals surface area contributed by atoms with Gasteiger partial charge in [0.25, 0.3) is 0 Å². The Hall–Kier alpha value is -1.62. The number of hydrazine groups is 1. The van der Waals surface area contributed by atoms with E-state index in [1.807, 2.05) is 24.0 Å². The molecule has 0 aliphatic carbocycles. The number of aromatic nitrogens is 1. The Kier molecular flexibility index (Phi) is 3.58. The number of anilines is 1. The fraction of sp³-hybridized carbons (Fsp3) is 0.500. The van der Waals surface area contributed by atoms with Gasteiger partial charge in [0.1, 0.15) is 5.82 Å². The number of carbonyl (C=O) groups is 1. The smallest absolute Gasteiger partial charge is 0.225 e. The summed E-state index contributed by atoms with van der Waals surface area (Å²) in [4.78, 5) is 17.9. The lowest BCUT2D eigenvalue weighted by molar-refractivity contribution is -0.138. The second-order valence-electron chi connectivity index (χ2n) is 4.50. The van der Waals surface area contributed by atoms with Crippen molar-refractivity contribution in [3.8, 4) is 0 Å². The molecule has 1 unspecified atom stereocenters. The van der Waals surface area contributed by atoms with Gasteiger partial charge in [0.15, 0.2) is 0 Å². The quantitative estimate of drug-likeness (QED) is 0.607. The molecule has 0 bridgehead atoms. The molecule has 0 aromatic carbocycles. The minimum Gasteiger partial charge on any atom is -0.338 e. The molecule has 1 aromatic rings. The summed E-state index contributed by atoms with van der Waals surface area (Å²) in [6.07, 6.45) is 3.78. The third kappa shape index (κ3) is 2.74. The predicted molar refractivity (Wildman–Crippen MR) is 65.9 cm³/mol. The van der Waals surface area contributed by atoms with Gasteiger partial charge >= 0.3 is 0 Å². The Balaban J connectivity index is 2.06. The van der Waals surface area contributed by atoms with Crippen LogP contribution in [0.2, 0.25) is 0 Å². The molecule has 1 aliphatic rings. The first-order valence-electron chi connectivity index (χ1n) is 5.91. The van der Waals surface area contributed by atoms with Crippen LogP contribution in [0.25, 0.3) is 0 Å². The summed E-state index contributed by atoms with van der Waals surface area (Å²) in [5.74, 6) is 6.33. The SMILES string of the molecule is CC1CCCN(Cc2ccnc(NN)c2)C1=O. The number of nitrogens with two attached hydrogens (primary N) is 1. The van der Waals surface area contributed by atoms with E-state index < -0.39 is 0 Å². The van der Waals surface area contributed by atoms with E-state index in [2.05, 4.69) is 10.4 Å². The number of hydrogen-bond donors (Lipinski definition) is 2. The molecule has 3 N–H and O–H groups in total. The lowest BCUT2D eigenvalue weighted by Crippen LogP contribution is -2.39. The average Bonchev–Trinajstić information content (AvgIpc) is 2.35. The number of piperidine rings is 1. The van der Waals surface area contributed by atoms with Crippen molar-refractivity contribution >= 4 is 11.7 Å². The largest absolute Gasteiger partial charge is 0.338 e. The van der Waals surface area contributed by atoms with Crippen molar-refractivity contribution in [1.82, 2.24) is 9.88 Å². The lowest BCUT2D eigenvalue weighted by Gasteiger charge is -2.30. The standard InChI is InChI=1S/C12H18N4O/c1-9-3-2-6-16(12(9)17)8-10-4-5-14-11(7-10)15-13/h4-5,7,9H,2-3,6,8,13H2,1H3,(H,14,15). The summed E-state index contributed by atoms with van der Waals surface area (Å²) in [6, 6.07) is 3.78. The predicted octanol–water partition coefficient (Wildman–Crippen LogP) is 1.13. The van der Waals surface area contributed by atoms with Crippen molar-refractivity contribution in [3.63, 3.8) is 0 Å². The molecule has 5 heteroatoms. The van der Waals surface area contributed by atoms with Crippen LogP contribution in [-0.2, 0) is 11.3 Å². The maximum absolute atomic E-state index is 12.0. The highest BCUT2D eigenvalue weighted by Crippen LogP contribution is 2.19. The van der Waals surface area contributed by atoms with Gasteiger partial charge in [0.2, 0.25) is 5.91 Å². The molecule has 17 heavy (non-hydrogen) atoms. The summed E-state index contributed by atoms with van der Waals surface area (Å²) < 4.78 is 0. The molecule has 1 fully saturated rings. The number of rotatable bonds is 3. The number of nitrogens with one attached hydrogen (secondary N) is 1. The highest BCUT2D eigenvalue weighted by Gasteiger charge is 2.24. The van der Waals surface area contributed by atoms with Gasteiger partial charge in [-0.05, 0) is 30.5 Å². The summed E-state index contributed by atoms with van der Waals surface area (Å²) >= 11 is 0. The van der Waals surface area contributed by atoms with Crippen LogP contribution >= 0.6 is 0 Å². The lowest BCUT2D eigenvalue weighted by atomic mass is 9.99. The Morgan fingerprint density at radius 3 is 3.24 bits per heavy atom. The zero-order valence-corrected chi connectivity index (χ0v) is 10.0. The van der Waals surface area contributed by atoms with E-state index in [-0.39, 0.29) is 11.8 Å². The number of amides is 1. The summed E-state index contributed by atoms with van der Waals surface area (Å²) in [6.45, 7) is 3.48. The highest BCUT2D eigenvalue weighted by molar-refractivity contribution is 5.79. The van der Waals surface area contributed by atoms with Crippen LogP contribution in [0.5, 0.6) is 0 Å². The monoisotopic (exact) mass is 234 g/mol. The van der Waals surface area contributed by atoms with Crippen LogP contribution in [0.3, 0.4) is 0 Å². The minimum atomic E-state index is 0.151. The first kappa shape index (κ1) is 11.9. The van der Waals surface area contributed by atoms with Gasteiger partial charge in [0.05, 0.1) is 0 Å². The van der Waals surface area contributed by atoms with Gasteiger partial charge in [-0.25, -0.2) is 10.8 Å². The molecule has 5 nitrogen and oxygen atoms in total. The van der Waals surface area contributed by atoms with Gasteiger partial charge in [-0.15, -0.1) is 0 Å². The van der Waals surface area contributed by atoms with Gasteiger partial charge in [-0.1, -0.05) is 6.92 Å². The van der Waals surface area contributed by atoms with Crippen LogP contribution in [0.1, 0.15) is 25.3 Å². The molecular weight excluding hydrogens is 216 g/mol. The van der Waals surface area contributed by atoms with Crippen molar-refractivity contribution < 1.29 is 4.79 Å². The molecule has 0 spiro atoms. The number of likely N-dealkylation sites (tertiary alicyclic amines) is 1. The minimum absolute atomic E-state index is 0.151.